The number of rotatable bonds is 8. The van der Waals surface area contributed by atoms with Crippen LogP contribution in [0.5, 0.6) is 5.75 Å². The maximum absolute atomic E-state index is 12.2. The van der Waals surface area contributed by atoms with Gasteiger partial charge in [0.2, 0.25) is 5.91 Å². The molecule has 0 atom stereocenters. The third kappa shape index (κ3) is 4.91. The van der Waals surface area contributed by atoms with E-state index >= 15 is 0 Å². The van der Waals surface area contributed by atoms with Crippen LogP contribution in [-0.4, -0.2) is 42.3 Å². The van der Waals surface area contributed by atoms with Gasteiger partial charge in [-0.3, -0.25) is 14.6 Å². The fourth-order valence-corrected chi connectivity index (χ4v) is 2.41. The van der Waals surface area contributed by atoms with Crippen LogP contribution in [0, 0.1) is 0 Å². The average molecular weight is 326 g/mol. The van der Waals surface area contributed by atoms with Crippen molar-refractivity contribution in [1.29, 1.82) is 0 Å². The van der Waals surface area contributed by atoms with Crippen molar-refractivity contribution in [2.45, 2.75) is 19.3 Å². The molecule has 5 heteroatoms. The summed E-state index contributed by atoms with van der Waals surface area (Å²) >= 11 is 0. The first-order valence-corrected chi connectivity index (χ1v) is 7.91. The molecule has 1 amide bonds. The van der Waals surface area contributed by atoms with Gasteiger partial charge in [-0.25, -0.2) is 0 Å². The van der Waals surface area contributed by atoms with E-state index in [0.717, 1.165) is 11.3 Å². The van der Waals surface area contributed by atoms with Crippen LogP contribution in [-0.2, 0) is 11.2 Å². The summed E-state index contributed by atoms with van der Waals surface area (Å²) in [6, 6.07) is 11.2. The molecule has 0 bridgehead atoms. The van der Waals surface area contributed by atoms with E-state index in [1.807, 2.05) is 24.3 Å². The van der Waals surface area contributed by atoms with E-state index < -0.39 is 0 Å². The number of para-hydroxylation sites is 1. The smallest absolute Gasteiger partial charge is 0.222 e. The number of ketones is 1. The number of nitrogens with zero attached hydrogens (tertiary/aromatic N) is 2. The number of hydrogen-bond acceptors (Lipinski definition) is 4. The molecule has 2 aromatic rings. The van der Waals surface area contributed by atoms with Gasteiger partial charge < -0.3 is 9.64 Å². The van der Waals surface area contributed by atoms with E-state index in [1.165, 1.54) is 6.20 Å². The van der Waals surface area contributed by atoms with Gasteiger partial charge >= 0.3 is 0 Å². The van der Waals surface area contributed by atoms with Crippen molar-refractivity contribution in [3.05, 3.63) is 59.9 Å². The van der Waals surface area contributed by atoms with Crippen LogP contribution in [0.4, 0.5) is 0 Å². The van der Waals surface area contributed by atoms with Crippen LogP contribution >= 0.6 is 0 Å². The first kappa shape index (κ1) is 17.7. The number of carbonyl (C=O) groups excluding carboxylic acids is 2. The number of ether oxygens (including phenoxy) is 1. The summed E-state index contributed by atoms with van der Waals surface area (Å²) in [4.78, 5) is 29.8. The van der Waals surface area contributed by atoms with Crippen molar-refractivity contribution in [3.8, 4) is 5.75 Å². The quantitative estimate of drug-likeness (QED) is 0.700. The Morgan fingerprint density at radius 2 is 1.92 bits per heavy atom. The van der Waals surface area contributed by atoms with Gasteiger partial charge in [0, 0.05) is 44.4 Å². The summed E-state index contributed by atoms with van der Waals surface area (Å²) in [6.45, 7) is 0.584. The normalized spacial score (nSPS) is 10.2. The van der Waals surface area contributed by atoms with Gasteiger partial charge in [-0.1, -0.05) is 18.2 Å². The Morgan fingerprint density at radius 3 is 2.62 bits per heavy atom. The number of amides is 1. The van der Waals surface area contributed by atoms with Crippen LogP contribution in [0.15, 0.2) is 48.8 Å². The minimum Gasteiger partial charge on any atom is -0.496 e. The number of carbonyl (C=O) groups is 2. The first-order valence-electron chi connectivity index (χ1n) is 7.91. The Labute approximate surface area is 142 Å². The predicted octanol–water partition coefficient (Wildman–Crippen LogP) is 2.75. The molecule has 0 aliphatic rings. The van der Waals surface area contributed by atoms with Crippen molar-refractivity contribution in [2.24, 2.45) is 0 Å². The average Bonchev–Trinajstić information content (AvgIpc) is 2.64. The molecule has 0 aliphatic heterocycles. The molecule has 0 fully saturated rings. The van der Waals surface area contributed by atoms with Crippen molar-refractivity contribution < 1.29 is 14.3 Å². The molecule has 0 aliphatic carbocycles. The van der Waals surface area contributed by atoms with E-state index in [2.05, 4.69) is 4.98 Å². The Hall–Kier alpha value is -2.69. The topological polar surface area (TPSA) is 59.5 Å². The molecule has 1 heterocycles. The number of hydrogen-bond donors (Lipinski definition) is 0. The number of benzene rings is 1. The van der Waals surface area contributed by atoms with Gasteiger partial charge in [0.15, 0.2) is 5.78 Å². The molecule has 0 saturated carbocycles. The van der Waals surface area contributed by atoms with Crippen LogP contribution in [0.1, 0.15) is 28.8 Å². The fraction of sp³-hybridized carbons (Fsp3) is 0.316. The summed E-state index contributed by atoms with van der Waals surface area (Å²) in [5.41, 5.74) is 1.60. The molecule has 1 aromatic heterocycles. The highest BCUT2D eigenvalue weighted by atomic mass is 16.5. The number of pyridine rings is 1. The molecule has 2 rings (SSSR count). The summed E-state index contributed by atoms with van der Waals surface area (Å²) in [5, 5.41) is 0. The minimum absolute atomic E-state index is 0.0397. The molecule has 0 radical (unpaired) electrons. The van der Waals surface area contributed by atoms with Gasteiger partial charge in [-0.2, -0.15) is 0 Å². The summed E-state index contributed by atoms with van der Waals surface area (Å²) in [7, 11) is 3.39. The highest BCUT2D eigenvalue weighted by Crippen LogP contribution is 2.18. The molecule has 24 heavy (non-hydrogen) atoms. The number of methoxy groups -OCH3 is 1. The SMILES string of the molecule is COc1ccccc1CCN(C)C(=O)CCC(=O)c1cccnc1. The summed E-state index contributed by atoms with van der Waals surface area (Å²) in [5.74, 6) is 0.724. The van der Waals surface area contributed by atoms with E-state index in [-0.39, 0.29) is 24.5 Å². The Bertz CT molecular complexity index is 686. The molecular weight excluding hydrogens is 304 g/mol. The number of aromatic nitrogens is 1. The zero-order chi connectivity index (χ0) is 17.4. The monoisotopic (exact) mass is 326 g/mol. The zero-order valence-corrected chi connectivity index (χ0v) is 14.1. The van der Waals surface area contributed by atoms with E-state index in [9.17, 15) is 9.59 Å². The second-order valence-corrected chi connectivity index (χ2v) is 5.54. The van der Waals surface area contributed by atoms with E-state index in [4.69, 9.17) is 4.74 Å². The number of likely N-dealkylation sites (N-methyl/N-ethyl adjacent to an activating group) is 1. The molecule has 0 unspecified atom stereocenters. The third-order valence-corrected chi connectivity index (χ3v) is 3.88. The molecular formula is C19H22N2O3. The summed E-state index contributed by atoms with van der Waals surface area (Å²) in [6.07, 6.45) is 4.26. The van der Waals surface area contributed by atoms with Gasteiger partial charge in [0.1, 0.15) is 5.75 Å². The van der Waals surface area contributed by atoms with Gasteiger partial charge in [-0.15, -0.1) is 0 Å². The molecule has 0 N–H and O–H groups in total. The second-order valence-electron chi connectivity index (χ2n) is 5.54. The Morgan fingerprint density at radius 1 is 1.12 bits per heavy atom. The maximum atomic E-state index is 12.2. The van der Waals surface area contributed by atoms with Crippen LogP contribution in [0.25, 0.3) is 0 Å². The van der Waals surface area contributed by atoms with Crippen molar-refractivity contribution >= 4 is 11.7 Å². The van der Waals surface area contributed by atoms with Crippen LogP contribution in [0.3, 0.4) is 0 Å². The minimum atomic E-state index is -0.0606. The van der Waals surface area contributed by atoms with Crippen LogP contribution < -0.4 is 4.74 Å². The highest BCUT2D eigenvalue weighted by molar-refractivity contribution is 5.97. The lowest BCUT2D eigenvalue weighted by Crippen LogP contribution is -2.29. The van der Waals surface area contributed by atoms with Crippen molar-refractivity contribution in [3.63, 3.8) is 0 Å². The lowest BCUT2D eigenvalue weighted by Gasteiger charge is -2.18. The van der Waals surface area contributed by atoms with Gasteiger partial charge in [-0.05, 0) is 30.2 Å². The van der Waals surface area contributed by atoms with E-state index in [1.54, 1.807) is 37.4 Å². The van der Waals surface area contributed by atoms with Crippen LogP contribution in [0.2, 0.25) is 0 Å². The van der Waals surface area contributed by atoms with E-state index in [0.29, 0.717) is 18.5 Å². The van der Waals surface area contributed by atoms with Crippen molar-refractivity contribution in [1.82, 2.24) is 9.88 Å². The van der Waals surface area contributed by atoms with Crippen molar-refractivity contribution in [2.75, 3.05) is 20.7 Å². The lowest BCUT2D eigenvalue weighted by atomic mass is 10.1. The standard InChI is InChI=1S/C19H22N2O3/c1-21(13-11-15-6-3-4-8-18(15)24-2)19(23)10-9-17(22)16-7-5-12-20-14-16/h3-8,12,14H,9-11,13H2,1-2H3. The maximum Gasteiger partial charge on any atom is 0.222 e. The van der Waals surface area contributed by atoms with Gasteiger partial charge in [0.25, 0.3) is 0 Å². The van der Waals surface area contributed by atoms with Gasteiger partial charge in [0.05, 0.1) is 7.11 Å². The largest absolute Gasteiger partial charge is 0.496 e. The second kappa shape index (κ2) is 8.82. The third-order valence-electron chi connectivity index (χ3n) is 3.88. The highest BCUT2D eigenvalue weighted by Gasteiger charge is 2.13. The Kier molecular flexibility index (Phi) is 6.49. The fourth-order valence-electron chi connectivity index (χ4n) is 2.41. The molecule has 0 saturated heterocycles. The first-order chi connectivity index (χ1) is 11.6. The number of Topliss-reactive ketones (excluding diaryl/α,β-unsaturated/α-hetero) is 1. The lowest BCUT2D eigenvalue weighted by molar-refractivity contribution is -0.129. The molecule has 5 nitrogen and oxygen atoms in total. The zero-order valence-electron chi connectivity index (χ0n) is 14.1. The predicted molar refractivity (Wildman–Crippen MR) is 92.1 cm³/mol. The Balaban J connectivity index is 1.81. The molecule has 126 valence electrons. The summed E-state index contributed by atoms with van der Waals surface area (Å²) < 4.78 is 5.31. The molecule has 1 aromatic carbocycles. The molecule has 0 spiro atoms.